The molecule has 0 spiro atoms. The van der Waals surface area contributed by atoms with E-state index in [1.165, 1.54) is 6.07 Å². The van der Waals surface area contributed by atoms with Crippen molar-refractivity contribution >= 4 is 12.1 Å². The third-order valence-corrected chi connectivity index (χ3v) is 3.66. The molecule has 0 bridgehead atoms. The maximum Gasteiger partial charge on any atom is 0.408 e. The summed E-state index contributed by atoms with van der Waals surface area (Å²) in [7, 11) is 0. The topological polar surface area (TPSA) is 102 Å². The van der Waals surface area contributed by atoms with E-state index in [-0.39, 0.29) is 5.76 Å². The van der Waals surface area contributed by atoms with Crippen LogP contribution in [0, 0.1) is 0 Å². The van der Waals surface area contributed by atoms with E-state index in [9.17, 15) is 9.59 Å². The first kappa shape index (κ1) is 16.3. The number of aromatic nitrogens is 1. The van der Waals surface area contributed by atoms with Crippen molar-refractivity contribution in [3.8, 4) is 0 Å². The number of nitrogens with one attached hydrogen (secondary N) is 1. The van der Waals surface area contributed by atoms with E-state index in [1.807, 2.05) is 0 Å². The summed E-state index contributed by atoms with van der Waals surface area (Å²) in [5.41, 5.74) is -0.885. The molecule has 1 aromatic rings. The highest BCUT2D eigenvalue weighted by Gasteiger charge is 2.40. The molecule has 7 nitrogen and oxygen atoms in total. The minimum absolute atomic E-state index is 0.231. The molecule has 2 rings (SSSR count). The molecule has 1 aromatic heterocycles. The summed E-state index contributed by atoms with van der Waals surface area (Å²) in [5, 5.41) is 15.7. The zero-order valence-corrected chi connectivity index (χ0v) is 13.1. The fourth-order valence-electron chi connectivity index (χ4n) is 2.70. The maximum absolute atomic E-state index is 12.1. The van der Waals surface area contributed by atoms with Crippen LogP contribution in [-0.2, 0) is 10.3 Å². The number of carboxylic acids is 1. The Labute approximate surface area is 129 Å². The van der Waals surface area contributed by atoms with Crippen molar-refractivity contribution in [3.05, 3.63) is 17.5 Å². The number of carbonyl (C=O) groups is 2. The Morgan fingerprint density at radius 1 is 1.32 bits per heavy atom. The molecule has 1 aliphatic carbocycles. The number of ether oxygens (including phenoxy) is 1. The van der Waals surface area contributed by atoms with Gasteiger partial charge < -0.3 is 19.7 Å². The van der Waals surface area contributed by atoms with Crippen LogP contribution in [0.15, 0.2) is 10.6 Å². The van der Waals surface area contributed by atoms with Crippen LogP contribution in [-0.4, -0.2) is 27.9 Å². The van der Waals surface area contributed by atoms with E-state index < -0.39 is 23.2 Å². The molecule has 1 saturated carbocycles. The third-order valence-electron chi connectivity index (χ3n) is 3.66. The highest BCUT2D eigenvalue weighted by atomic mass is 16.6. The summed E-state index contributed by atoms with van der Waals surface area (Å²) in [4.78, 5) is 23.1. The van der Waals surface area contributed by atoms with Gasteiger partial charge in [0, 0.05) is 6.07 Å². The maximum atomic E-state index is 12.1. The van der Waals surface area contributed by atoms with E-state index in [1.54, 1.807) is 20.8 Å². The van der Waals surface area contributed by atoms with Gasteiger partial charge in [0.15, 0.2) is 0 Å². The molecule has 1 fully saturated rings. The Morgan fingerprint density at radius 2 is 1.95 bits per heavy atom. The number of alkyl carbamates (subject to hydrolysis) is 1. The number of carbonyl (C=O) groups excluding carboxylic acids is 1. The molecule has 1 aliphatic rings. The van der Waals surface area contributed by atoms with Gasteiger partial charge in [-0.2, -0.15) is 0 Å². The molecule has 1 amide bonds. The fraction of sp³-hybridized carbons (Fsp3) is 0.667. The van der Waals surface area contributed by atoms with Gasteiger partial charge in [0.25, 0.3) is 0 Å². The van der Waals surface area contributed by atoms with Gasteiger partial charge in [-0.15, -0.1) is 0 Å². The molecule has 0 aliphatic heterocycles. The van der Waals surface area contributed by atoms with E-state index >= 15 is 0 Å². The number of nitrogens with zero attached hydrogens (tertiary/aromatic N) is 1. The van der Waals surface area contributed by atoms with Crippen LogP contribution in [0.25, 0.3) is 0 Å². The van der Waals surface area contributed by atoms with Gasteiger partial charge in [0.2, 0.25) is 5.76 Å². The molecule has 0 radical (unpaired) electrons. The molecule has 0 saturated heterocycles. The van der Waals surface area contributed by atoms with Gasteiger partial charge in [-0.25, -0.2) is 9.59 Å². The van der Waals surface area contributed by atoms with Crippen molar-refractivity contribution in [2.24, 2.45) is 0 Å². The second kappa shape index (κ2) is 5.98. The molecule has 122 valence electrons. The van der Waals surface area contributed by atoms with Crippen LogP contribution in [0.1, 0.15) is 69.1 Å². The first-order chi connectivity index (χ1) is 10.2. The van der Waals surface area contributed by atoms with Crippen LogP contribution in [0.3, 0.4) is 0 Å². The standard InChI is InChI=1S/C15H22N2O5/c1-14(2,3)21-13(20)16-15(7-5-4-6-8-15)11-9-10(12(18)19)22-17-11/h9H,4-8H2,1-3H3,(H,16,20)(H,18,19). The summed E-state index contributed by atoms with van der Waals surface area (Å²) in [5.74, 6) is -1.41. The molecular weight excluding hydrogens is 288 g/mol. The summed E-state index contributed by atoms with van der Waals surface area (Å²) >= 11 is 0. The average molecular weight is 310 g/mol. The predicted molar refractivity (Wildman–Crippen MR) is 77.6 cm³/mol. The van der Waals surface area contributed by atoms with Crippen LogP contribution in [0.2, 0.25) is 0 Å². The van der Waals surface area contributed by atoms with Crippen molar-refractivity contribution < 1.29 is 24.0 Å². The Bertz CT molecular complexity index is 553. The van der Waals surface area contributed by atoms with Crippen LogP contribution < -0.4 is 5.32 Å². The lowest BCUT2D eigenvalue weighted by Crippen LogP contribution is -2.49. The van der Waals surface area contributed by atoms with Gasteiger partial charge in [0.1, 0.15) is 11.3 Å². The van der Waals surface area contributed by atoms with E-state index in [2.05, 4.69) is 10.5 Å². The lowest BCUT2D eigenvalue weighted by atomic mass is 9.79. The van der Waals surface area contributed by atoms with Crippen molar-refractivity contribution in [2.75, 3.05) is 0 Å². The largest absolute Gasteiger partial charge is 0.475 e. The number of hydrogen-bond acceptors (Lipinski definition) is 5. The Kier molecular flexibility index (Phi) is 4.44. The van der Waals surface area contributed by atoms with Crippen molar-refractivity contribution in [3.63, 3.8) is 0 Å². The average Bonchev–Trinajstić information content (AvgIpc) is 2.87. The molecular formula is C15H22N2O5. The van der Waals surface area contributed by atoms with Gasteiger partial charge in [-0.3, -0.25) is 0 Å². The zero-order chi connectivity index (χ0) is 16.4. The Morgan fingerprint density at radius 3 is 2.45 bits per heavy atom. The normalized spacial score (nSPS) is 17.8. The highest BCUT2D eigenvalue weighted by molar-refractivity contribution is 5.84. The van der Waals surface area contributed by atoms with Gasteiger partial charge >= 0.3 is 12.1 Å². The van der Waals surface area contributed by atoms with Crippen molar-refractivity contribution in [1.29, 1.82) is 0 Å². The molecule has 0 atom stereocenters. The molecule has 7 heteroatoms. The first-order valence-corrected chi connectivity index (χ1v) is 7.43. The second-order valence-electron chi connectivity index (χ2n) is 6.65. The number of amides is 1. The van der Waals surface area contributed by atoms with Gasteiger partial charge in [0.05, 0.1) is 5.54 Å². The smallest absolute Gasteiger partial charge is 0.408 e. The van der Waals surface area contributed by atoms with Gasteiger partial charge in [-0.1, -0.05) is 24.4 Å². The molecule has 1 heterocycles. The van der Waals surface area contributed by atoms with Crippen LogP contribution >= 0.6 is 0 Å². The molecule has 0 aromatic carbocycles. The van der Waals surface area contributed by atoms with E-state index in [0.717, 1.165) is 19.3 Å². The highest BCUT2D eigenvalue weighted by Crippen LogP contribution is 2.37. The fourth-order valence-corrected chi connectivity index (χ4v) is 2.70. The van der Waals surface area contributed by atoms with Crippen LogP contribution in [0.5, 0.6) is 0 Å². The van der Waals surface area contributed by atoms with E-state index in [0.29, 0.717) is 18.5 Å². The molecule has 22 heavy (non-hydrogen) atoms. The quantitative estimate of drug-likeness (QED) is 0.889. The number of carboxylic acid groups (broad SMARTS) is 1. The summed E-state index contributed by atoms with van der Waals surface area (Å²) in [6.07, 6.45) is 3.74. The lowest BCUT2D eigenvalue weighted by Gasteiger charge is -2.36. The summed E-state index contributed by atoms with van der Waals surface area (Å²) in [6, 6.07) is 1.38. The second-order valence-corrected chi connectivity index (χ2v) is 6.65. The minimum atomic E-state index is -1.18. The SMILES string of the molecule is CC(C)(C)OC(=O)NC1(c2cc(C(=O)O)on2)CCCCC1. The first-order valence-electron chi connectivity index (χ1n) is 7.43. The third kappa shape index (κ3) is 3.78. The Hall–Kier alpha value is -2.05. The number of rotatable bonds is 3. The van der Waals surface area contributed by atoms with Gasteiger partial charge in [-0.05, 0) is 33.6 Å². The Balaban J connectivity index is 2.23. The minimum Gasteiger partial charge on any atom is -0.475 e. The van der Waals surface area contributed by atoms with Crippen molar-refractivity contribution in [2.45, 2.75) is 64.0 Å². The monoisotopic (exact) mass is 310 g/mol. The van der Waals surface area contributed by atoms with Crippen LogP contribution in [0.4, 0.5) is 4.79 Å². The summed E-state index contributed by atoms with van der Waals surface area (Å²) in [6.45, 7) is 5.37. The number of hydrogen-bond donors (Lipinski definition) is 2. The number of aromatic carboxylic acids is 1. The lowest BCUT2D eigenvalue weighted by molar-refractivity contribution is 0.0412. The predicted octanol–water partition coefficient (Wildman–Crippen LogP) is 3.06. The van der Waals surface area contributed by atoms with Crippen molar-refractivity contribution in [1.82, 2.24) is 10.5 Å². The molecule has 2 N–H and O–H groups in total. The zero-order valence-electron chi connectivity index (χ0n) is 13.1. The summed E-state index contributed by atoms with van der Waals surface area (Å²) < 4.78 is 10.2. The molecule has 0 unspecified atom stereocenters. The van der Waals surface area contributed by atoms with E-state index in [4.69, 9.17) is 14.4 Å².